The quantitative estimate of drug-likeness (QED) is 0.00575. The van der Waals surface area contributed by atoms with Gasteiger partial charge in [-0.25, -0.2) is 27.2 Å². The minimum absolute atomic E-state index is 0.00574. The zero-order valence-electron chi connectivity index (χ0n) is 69.7. The molecule has 3 aromatic heterocycles. The van der Waals surface area contributed by atoms with Crippen LogP contribution in [0.1, 0.15) is 138 Å². The standard InChI is InChI=1S/C76H120F5N13O30/c1-109-73-63(69(106)66(103)50(41-95)121-73)92-38-47(86-89-92)44-118-35-32-115-29-26-112-23-20-82-53(98)14-17-76(85-56(101)12-10-8-6-4-5-7-9-11-13-57(102)124-72-61(80)59(78)58(77)60(79)62(72)81,18-15-54(99)83-21-24-113-27-30-116-33-36-119-45-48-39-93(90-87-48)64-70(107)67(104)51(42-96)122-74(64)110-2)19-16-55(100)84-22-25-114-28-31-117-34-37-120-46-49-40-94(91-88-49)65-71(108)68(105)52(43-97)123-75(65)111-3/h38-40,50-52,63-71,73-75,95-97,103-108H,4-37,41-46H2,1-3H3,(H,82,98)(H,83,99)(H,84,100)(H,85,101)/t50-,51-,52+,63-,64-,65-,66+,67+,68+,69-,70-,71-,73-,74-,75-/m1/s1. The number of aromatic nitrogens is 9. The predicted octanol–water partition coefficient (Wildman–Crippen LogP) is -1.86. The van der Waals surface area contributed by atoms with Crippen LogP contribution < -0.4 is 26.0 Å². The van der Waals surface area contributed by atoms with Gasteiger partial charge in [-0.1, -0.05) is 54.2 Å². The third-order valence-electron chi connectivity index (χ3n) is 20.3. The van der Waals surface area contributed by atoms with E-state index >= 15 is 0 Å². The molecule has 0 spiro atoms. The molecule has 13 N–H and O–H groups in total. The van der Waals surface area contributed by atoms with Gasteiger partial charge in [-0.15, -0.1) is 15.3 Å². The minimum atomic E-state index is -2.38. The molecule has 0 saturated carbocycles. The first-order chi connectivity index (χ1) is 59.9. The maximum Gasteiger partial charge on any atom is 0.311 e. The largest absolute Gasteiger partial charge is 0.420 e. The van der Waals surface area contributed by atoms with Crippen LogP contribution in [0, 0.1) is 29.1 Å². The summed E-state index contributed by atoms with van der Waals surface area (Å²) in [7, 11) is 4.04. The molecule has 704 valence electrons. The maximum atomic E-state index is 14.1. The zero-order valence-corrected chi connectivity index (χ0v) is 69.7. The number of carbonyl (C=O) groups is 5. The van der Waals surface area contributed by atoms with Crippen LogP contribution in [-0.4, -0.2) is 360 Å². The minimum Gasteiger partial charge on any atom is -0.420 e. The molecule has 124 heavy (non-hydrogen) atoms. The van der Waals surface area contributed by atoms with Crippen LogP contribution in [0.3, 0.4) is 0 Å². The van der Waals surface area contributed by atoms with Crippen LogP contribution in [0.15, 0.2) is 18.6 Å². The first-order valence-corrected chi connectivity index (χ1v) is 41.1. The number of benzene rings is 1. The van der Waals surface area contributed by atoms with Crippen LogP contribution in [-0.2, 0) is 115 Å². The molecule has 3 aliphatic heterocycles. The van der Waals surface area contributed by atoms with Crippen LogP contribution in [0.5, 0.6) is 5.75 Å². The molecule has 0 bridgehead atoms. The Balaban J connectivity index is 0.863. The number of hydrogen-bond acceptors (Lipinski definition) is 36. The number of nitrogens with one attached hydrogen (secondary N) is 4. The number of rotatable bonds is 64. The van der Waals surface area contributed by atoms with Crippen molar-refractivity contribution in [3.05, 3.63) is 64.8 Å². The summed E-state index contributed by atoms with van der Waals surface area (Å²) < 4.78 is 161. The first kappa shape index (κ1) is 104. The van der Waals surface area contributed by atoms with Gasteiger partial charge in [-0.3, -0.25) is 24.0 Å². The fourth-order valence-electron chi connectivity index (χ4n) is 13.5. The van der Waals surface area contributed by atoms with Crippen molar-refractivity contribution in [1.29, 1.82) is 0 Å². The van der Waals surface area contributed by atoms with Crippen molar-refractivity contribution in [2.75, 3.05) is 160 Å². The number of aliphatic hydroxyl groups excluding tert-OH is 9. The van der Waals surface area contributed by atoms with E-state index in [-0.39, 0.29) is 196 Å². The summed E-state index contributed by atoms with van der Waals surface area (Å²) >= 11 is 0. The van der Waals surface area contributed by atoms with Crippen molar-refractivity contribution in [2.24, 2.45) is 0 Å². The predicted molar refractivity (Wildman–Crippen MR) is 411 cm³/mol. The van der Waals surface area contributed by atoms with Crippen molar-refractivity contribution in [3.63, 3.8) is 0 Å². The zero-order chi connectivity index (χ0) is 89.8. The molecule has 15 atom stereocenters. The van der Waals surface area contributed by atoms with Crippen molar-refractivity contribution in [1.82, 2.24) is 66.2 Å². The van der Waals surface area contributed by atoms with Gasteiger partial charge in [-0.05, 0) is 32.1 Å². The Morgan fingerprint density at radius 2 is 0.661 bits per heavy atom. The van der Waals surface area contributed by atoms with Gasteiger partial charge in [0.2, 0.25) is 58.5 Å². The van der Waals surface area contributed by atoms with E-state index in [0.717, 1.165) is 6.42 Å². The molecule has 1 aromatic carbocycles. The fourth-order valence-corrected chi connectivity index (χ4v) is 13.5. The van der Waals surface area contributed by atoms with E-state index in [0.29, 0.717) is 55.6 Å². The summed E-state index contributed by atoms with van der Waals surface area (Å²) in [6.45, 7) is 1.05. The first-order valence-electron chi connectivity index (χ1n) is 41.1. The molecule has 3 aliphatic rings. The molecule has 0 radical (unpaired) electrons. The van der Waals surface area contributed by atoms with Gasteiger partial charge in [0.05, 0.1) is 157 Å². The van der Waals surface area contributed by atoms with Crippen molar-refractivity contribution in [3.8, 4) is 5.75 Å². The molecule has 0 unspecified atom stereocenters. The summed E-state index contributed by atoms with van der Waals surface area (Å²) in [6, 6.07) is -2.89. The van der Waals surface area contributed by atoms with Gasteiger partial charge in [0, 0.05) is 78.6 Å². The molecule has 3 saturated heterocycles. The Kier molecular flexibility index (Phi) is 47.5. The van der Waals surface area contributed by atoms with E-state index in [1.165, 1.54) is 54.0 Å². The number of hydrogen-bond donors (Lipinski definition) is 13. The molecule has 0 aliphatic carbocycles. The molecule has 48 heteroatoms. The number of aliphatic hydroxyl groups is 9. The van der Waals surface area contributed by atoms with E-state index in [2.05, 4.69) is 56.9 Å². The number of halogens is 5. The summed E-state index contributed by atoms with van der Waals surface area (Å²) in [6.07, 6.45) is -6.49. The van der Waals surface area contributed by atoms with Gasteiger partial charge in [-0.2, -0.15) is 8.78 Å². The smallest absolute Gasteiger partial charge is 0.311 e. The van der Waals surface area contributed by atoms with Gasteiger partial charge in [0.25, 0.3) is 0 Å². The monoisotopic (exact) mass is 1790 g/mol. The highest BCUT2D eigenvalue weighted by molar-refractivity contribution is 5.80. The second-order valence-electron chi connectivity index (χ2n) is 29.3. The molecule has 7 rings (SSSR count). The second-order valence-corrected chi connectivity index (χ2v) is 29.3. The van der Waals surface area contributed by atoms with Gasteiger partial charge in [0.1, 0.15) is 90.1 Å². The van der Waals surface area contributed by atoms with Crippen LogP contribution in [0.4, 0.5) is 22.0 Å². The highest BCUT2D eigenvalue weighted by atomic mass is 19.2. The third-order valence-corrected chi connectivity index (χ3v) is 20.3. The Morgan fingerprint density at radius 3 is 0.968 bits per heavy atom. The Labute approximate surface area is 711 Å². The number of carbonyl (C=O) groups excluding carboxylic acids is 5. The van der Waals surface area contributed by atoms with Gasteiger partial charge >= 0.3 is 5.97 Å². The topological polar surface area (TPSA) is 555 Å². The highest BCUT2D eigenvalue weighted by Crippen LogP contribution is 2.35. The van der Waals surface area contributed by atoms with Gasteiger partial charge < -0.3 is 143 Å². The molecule has 4 aromatic rings. The normalized spacial score (nSPS) is 22.9. The van der Waals surface area contributed by atoms with E-state index in [9.17, 15) is 91.9 Å². The maximum absolute atomic E-state index is 14.1. The third kappa shape index (κ3) is 33.7. The summed E-state index contributed by atoms with van der Waals surface area (Å²) in [5, 5.41) is 128. The van der Waals surface area contributed by atoms with E-state index < -0.39 is 182 Å². The number of esters is 1. The number of unbranched alkanes of at least 4 members (excludes halogenated alkanes) is 7. The molecule has 3 fully saturated rings. The molecule has 4 amide bonds. The van der Waals surface area contributed by atoms with Crippen LogP contribution >= 0.6 is 0 Å². The van der Waals surface area contributed by atoms with E-state index in [1.54, 1.807) is 0 Å². The molecular formula is C76H120F5N13O30. The number of nitrogens with zero attached hydrogens (tertiary/aromatic N) is 9. The average Bonchev–Trinajstić information content (AvgIpc) is 1.31. The van der Waals surface area contributed by atoms with E-state index in [1.807, 2.05) is 0 Å². The lowest BCUT2D eigenvalue weighted by molar-refractivity contribution is -0.274. The Bertz CT molecular complexity index is 3430. The summed E-state index contributed by atoms with van der Waals surface area (Å²) in [4.78, 5) is 67.3. The molecular weight excluding hydrogens is 1670 g/mol. The SMILES string of the molecule is CO[C@@H]1O[C@@H](CO)[C@H](O)[C@H](O)[C@H]1n1cc(COCCOCCOCCNC(=O)CCC(CCC(=O)NCCOCCOCCOCc2cn([C@H]3[C@H](OC)O[C@H](CO)[C@H](O)[C@@H]3O)nn2)(CCC(=O)NCCOCCOCCOCc2cn([C@H]3[C@H](OC)O[C@H](CO)[C@H](O)[C@@H]3O)nn2)NC(=O)CCCCCCCCCCC(=O)Oc2c(F)c(F)c(F)c(F)c2F)nn1. The van der Waals surface area contributed by atoms with Crippen molar-refractivity contribution in [2.45, 2.75) is 220 Å². The van der Waals surface area contributed by atoms with Crippen LogP contribution in [0.2, 0.25) is 0 Å². The Morgan fingerprint density at radius 1 is 0.379 bits per heavy atom. The lowest BCUT2D eigenvalue weighted by Crippen LogP contribution is -2.56. The van der Waals surface area contributed by atoms with Gasteiger partial charge in [0.15, 0.2) is 18.9 Å². The fraction of sp³-hybridized carbons (Fsp3) is 0.776. The summed E-state index contributed by atoms with van der Waals surface area (Å²) in [5.41, 5.74) is -0.0910. The number of ether oxygens (including phenoxy) is 16. The highest BCUT2D eigenvalue weighted by Gasteiger charge is 2.49. The number of methoxy groups -OCH3 is 3. The lowest BCUT2D eigenvalue weighted by atomic mass is 9.82. The van der Waals surface area contributed by atoms with Crippen molar-refractivity contribution >= 4 is 29.6 Å². The number of amides is 4. The summed E-state index contributed by atoms with van der Waals surface area (Å²) in [5.74, 6) is -15.9. The molecule has 6 heterocycles. The Hall–Kier alpha value is -7.32. The lowest BCUT2D eigenvalue weighted by Gasteiger charge is -2.41. The van der Waals surface area contributed by atoms with Crippen molar-refractivity contribution < 1.29 is 168 Å². The molecule has 43 nitrogen and oxygen atoms in total. The average molecular weight is 1790 g/mol. The second kappa shape index (κ2) is 56.8. The van der Waals surface area contributed by atoms with Crippen LogP contribution in [0.25, 0.3) is 0 Å². The van der Waals surface area contributed by atoms with E-state index in [4.69, 9.17) is 71.1 Å².